The number of nitrogens with zero attached hydrogens (tertiary/aromatic N) is 3. The van der Waals surface area contributed by atoms with Crippen molar-refractivity contribution >= 4 is 38.8 Å². The van der Waals surface area contributed by atoms with Gasteiger partial charge in [-0.2, -0.15) is 10.1 Å². The number of halogens is 1. The van der Waals surface area contributed by atoms with Gasteiger partial charge in [-0.1, -0.05) is 23.5 Å². The third-order valence-electron chi connectivity index (χ3n) is 3.26. The van der Waals surface area contributed by atoms with Gasteiger partial charge in [-0.3, -0.25) is 4.79 Å². The molecule has 0 unspecified atom stereocenters. The molecule has 0 saturated carbocycles. The van der Waals surface area contributed by atoms with Crippen LogP contribution in [0.1, 0.15) is 12.5 Å². The second-order valence-corrected chi connectivity index (χ2v) is 5.97. The number of hydrogen-bond donors (Lipinski definition) is 0. The fourth-order valence-electron chi connectivity index (χ4n) is 2.05. The average Bonchev–Trinajstić information content (AvgIpc) is 2.98. The van der Waals surface area contributed by atoms with Gasteiger partial charge in [-0.25, -0.2) is 9.37 Å². The van der Waals surface area contributed by atoms with Crippen LogP contribution in [-0.2, 0) is 4.79 Å². The van der Waals surface area contributed by atoms with E-state index in [9.17, 15) is 9.18 Å². The smallest absolute Gasteiger partial charge is 0.246 e. The number of fused-ring (bicyclic) bond motifs is 1. The van der Waals surface area contributed by atoms with E-state index in [1.807, 2.05) is 18.2 Å². The normalized spacial score (nSPS) is 11.1. The molecule has 0 atom stereocenters. The molecule has 0 fully saturated rings. The number of benzene rings is 2. The highest BCUT2D eigenvalue weighted by molar-refractivity contribution is 7.22. The molecule has 0 spiro atoms. The maximum atomic E-state index is 12.9. The number of aromatic nitrogens is 1. The first-order chi connectivity index (χ1) is 11.6. The molecular formula is C17H14FN3O2S. The zero-order chi connectivity index (χ0) is 17.1. The predicted molar refractivity (Wildman–Crippen MR) is 93.3 cm³/mol. The van der Waals surface area contributed by atoms with Crippen LogP contribution in [-0.4, -0.2) is 24.2 Å². The van der Waals surface area contributed by atoms with Crippen molar-refractivity contribution in [2.75, 3.05) is 12.1 Å². The van der Waals surface area contributed by atoms with Gasteiger partial charge in [0.15, 0.2) is 0 Å². The number of anilines is 1. The summed E-state index contributed by atoms with van der Waals surface area (Å²) in [5.41, 5.74) is 1.45. The van der Waals surface area contributed by atoms with Gasteiger partial charge in [-0.05, 0) is 35.9 Å². The van der Waals surface area contributed by atoms with Gasteiger partial charge in [0.25, 0.3) is 0 Å². The van der Waals surface area contributed by atoms with Gasteiger partial charge < -0.3 is 4.74 Å². The molecule has 0 aliphatic rings. The van der Waals surface area contributed by atoms with Crippen molar-refractivity contribution in [1.29, 1.82) is 0 Å². The summed E-state index contributed by atoms with van der Waals surface area (Å²) in [6.07, 6.45) is 1.49. The number of hydrazone groups is 1. The summed E-state index contributed by atoms with van der Waals surface area (Å²) in [5, 5.41) is 5.87. The van der Waals surface area contributed by atoms with Crippen molar-refractivity contribution in [3.05, 3.63) is 53.8 Å². The molecule has 1 heterocycles. The number of methoxy groups -OCH3 is 1. The van der Waals surface area contributed by atoms with Gasteiger partial charge in [0.2, 0.25) is 11.0 Å². The molecule has 0 aliphatic carbocycles. The number of hydrogen-bond acceptors (Lipinski definition) is 5. The van der Waals surface area contributed by atoms with Crippen LogP contribution in [0.5, 0.6) is 5.75 Å². The van der Waals surface area contributed by atoms with E-state index in [0.717, 1.165) is 16.0 Å². The zero-order valence-corrected chi connectivity index (χ0v) is 13.9. The van der Waals surface area contributed by atoms with Crippen LogP contribution in [0, 0.1) is 5.82 Å². The van der Waals surface area contributed by atoms with Crippen molar-refractivity contribution in [1.82, 2.24) is 4.98 Å². The number of thiazole rings is 1. The Hall–Kier alpha value is -2.80. The molecule has 5 nitrogen and oxygen atoms in total. The van der Waals surface area contributed by atoms with Crippen LogP contribution >= 0.6 is 11.3 Å². The Labute approximate surface area is 142 Å². The SMILES string of the molecule is COc1ccc2nc(N(/N=C/c3ccc(F)cc3)C(C)=O)sc2c1. The van der Waals surface area contributed by atoms with Crippen LogP contribution in [0.2, 0.25) is 0 Å². The van der Waals surface area contributed by atoms with Gasteiger partial charge >= 0.3 is 0 Å². The van der Waals surface area contributed by atoms with E-state index in [1.54, 1.807) is 19.2 Å². The number of amides is 1. The Balaban J connectivity index is 1.93. The molecule has 2 aromatic carbocycles. The van der Waals surface area contributed by atoms with E-state index in [0.29, 0.717) is 10.7 Å². The molecule has 0 N–H and O–H groups in total. The van der Waals surface area contributed by atoms with Crippen LogP contribution < -0.4 is 9.75 Å². The van der Waals surface area contributed by atoms with E-state index in [1.165, 1.54) is 41.6 Å². The van der Waals surface area contributed by atoms with Crippen LogP contribution in [0.15, 0.2) is 47.6 Å². The average molecular weight is 343 g/mol. The summed E-state index contributed by atoms with van der Waals surface area (Å²) < 4.78 is 19.0. The van der Waals surface area contributed by atoms with Crippen molar-refractivity contribution in [3.8, 4) is 5.75 Å². The molecule has 122 valence electrons. The summed E-state index contributed by atoms with van der Waals surface area (Å²) in [4.78, 5) is 16.3. The van der Waals surface area contributed by atoms with Crippen molar-refractivity contribution < 1.29 is 13.9 Å². The largest absolute Gasteiger partial charge is 0.497 e. The highest BCUT2D eigenvalue weighted by Crippen LogP contribution is 2.31. The summed E-state index contributed by atoms with van der Waals surface area (Å²) in [5.74, 6) is 0.136. The standard InChI is InChI=1S/C17H14FN3O2S/c1-11(22)21(19-10-12-3-5-13(18)6-4-12)17-20-15-8-7-14(23-2)9-16(15)24-17/h3-10H,1-2H3/b19-10+. The van der Waals surface area contributed by atoms with Gasteiger partial charge in [-0.15, -0.1) is 0 Å². The molecule has 1 aromatic heterocycles. The highest BCUT2D eigenvalue weighted by atomic mass is 32.1. The fourth-order valence-corrected chi connectivity index (χ4v) is 3.05. The topological polar surface area (TPSA) is 54.8 Å². The maximum Gasteiger partial charge on any atom is 0.246 e. The third kappa shape index (κ3) is 3.41. The van der Waals surface area contributed by atoms with Gasteiger partial charge in [0, 0.05) is 6.92 Å². The quantitative estimate of drug-likeness (QED) is 0.534. The van der Waals surface area contributed by atoms with E-state index in [2.05, 4.69) is 10.1 Å². The molecule has 0 saturated heterocycles. The summed E-state index contributed by atoms with van der Waals surface area (Å²) in [6, 6.07) is 11.3. The minimum absolute atomic E-state index is 0.264. The van der Waals surface area contributed by atoms with Gasteiger partial charge in [0.05, 0.1) is 23.5 Å². The Morgan fingerprint density at radius 1 is 1.29 bits per heavy atom. The zero-order valence-electron chi connectivity index (χ0n) is 13.1. The first-order valence-electron chi connectivity index (χ1n) is 7.11. The van der Waals surface area contributed by atoms with Crippen molar-refractivity contribution in [2.45, 2.75) is 6.92 Å². The van der Waals surface area contributed by atoms with Crippen molar-refractivity contribution in [2.24, 2.45) is 5.10 Å². The van der Waals surface area contributed by atoms with Crippen LogP contribution in [0.4, 0.5) is 9.52 Å². The monoisotopic (exact) mass is 343 g/mol. The minimum atomic E-state index is -0.323. The lowest BCUT2D eigenvalue weighted by Crippen LogP contribution is -2.22. The van der Waals surface area contributed by atoms with Crippen molar-refractivity contribution in [3.63, 3.8) is 0 Å². The van der Waals surface area contributed by atoms with Gasteiger partial charge in [0.1, 0.15) is 11.6 Å². The first-order valence-corrected chi connectivity index (χ1v) is 7.93. The lowest BCUT2D eigenvalue weighted by atomic mass is 10.2. The Kier molecular flexibility index (Phi) is 4.52. The molecule has 0 radical (unpaired) electrons. The Morgan fingerprint density at radius 2 is 2.04 bits per heavy atom. The second-order valence-electron chi connectivity index (χ2n) is 4.96. The highest BCUT2D eigenvalue weighted by Gasteiger charge is 2.15. The number of ether oxygens (including phenoxy) is 1. The summed E-state index contributed by atoms with van der Waals surface area (Å²) in [6.45, 7) is 1.41. The molecule has 3 aromatic rings. The van der Waals surface area contributed by atoms with E-state index in [-0.39, 0.29) is 11.7 Å². The summed E-state index contributed by atoms with van der Waals surface area (Å²) in [7, 11) is 1.60. The molecule has 7 heteroatoms. The molecule has 1 amide bonds. The second kappa shape index (κ2) is 6.76. The molecule has 0 bridgehead atoms. The number of rotatable bonds is 4. The maximum absolute atomic E-state index is 12.9. The predicted octanol–water partition coefficient (Wildman–Crippen LogP) is 3.83. The molecule has 0 aliphatic heterocycles. The lowest BCUT2D eigenvalue weighted by molar-refractivity contribution is -0.116. The van der Waals surface area contributed by atoms with Crippen LogP contribution in [0.25, 0.3) is 10.2 Å². The Morgan fingerprint density at radius 3 is 2.71 bits per heavy atom. The van der Waals surface area contributed by atoms with E-state index < -0.39 is 0 Å². The van der Waals surface area contributed by atoms with Crippen LogP contribution in [0.3, 0.4) is 0 Å². The number of carbonyl (C=O) groups excluding carboxylic acids is 1. The van der Waals surface area contributed by atoms with E-state index in [4.69, 9.17) is 4.74 Å². The Bertz CT molecular complexity index is 906. The molecular weight excluding hydrogens is 329 g/mol. The number of carbonyl (C=O) groups is 1. The minimum Gasteiger partial charge on any atom is -0.497 e. The van der Waals surface area contributed by atoms with E-state index >= 15 is 0 Å². The lowest BCUT2D eigenvalue weighted by Gasteiger charge is -2.10. The summed E-state index contributed by atoms with van der Waals surface area (Å²) >= 11 is 1.34. The molecule has 3 rings (SSSR count). The fraction of sp³-hybridized carbons (Fsp3) is 0.118. The first kappa shape index (κ1) is 16.1. The molecule has 24 heavy (non-hydrogen) atoms. The third-order valence-corrected chi connectivity index (χ3v) is 4.25.